The van der Waals surface area contributed by atoms with Crippen LogP contribution in [0.2, 0.25) is 5.02 Å². The van der Waals surface area contributed by atoms with Gasteiger partial charge in [0.2, 0.25) is 0 Å². The maximum Gasteiger partial charge on any atom is 0.319 e. The molecule has 27 heavy (non-hydrogen) atoms. The zero-order valence-corrected chi connectivity index (χ0v) is 15.7. The number of carbonyl (C=O) groups is 1. The summed E-state index contributed by atoms with van der Waals surface area (Å²) < 4.78 is 1.43. The normalized spacial score (nSPS) is 12.0. The largest absolute Gasteiger partial charge is 0.338 e. The number of urea groups is 1. The summed E-state index contributed by atoms with van der Waals surface area (Å²) in [6.45, 7) is 4.09. The van der Waals surface area contributed by atoms with Crippen molar-refractivity contribution in [3.05, 3.63) is 63.7 Å². The molecule has 140 valence electrons. The van der Waals surface area contributed by atoms with Crippen LogP contribution in [0.1, 0.15) is 25.7 Å². The third kappa shape index (κ3) is 3.79. The molecule has 0 saturated heterocycles. The predicted molar refractivity (Wildman–Crippen MR) is 108 cm³/mol. The van der Waals surface area contributed by atoms with Crippen LogP contribution in [0, 0.1) is 0 Å². The molecule has 1 atom stereocenters. The smallest absolute Gasteiger partial charge is 0.319 e. The molecular weight excluding hydrogens is 366 g/mol. The van der Waals surface area contributed by atoms with Crippen LogP contribution in [0.25, 0.3) is 16.6 Å². The highest BCUT2D eigenvalue weighted by atomic mass is 35.5. The maximum atomic E-state index is 13.2. The molecule has 0 spiro atoms. The lowest BCUT2D eigenvalue weighted by Crippen LogP contribution is -2.29. The number of nitrogens with zero attached hydrogens (tertiary/aromatic N) is 2. The first kappa shape index (κ1) is 18.9. The molecule has 4 N–H and O–H groups in total. The van der Waals surface area contributed by atoms with Crippen molar-refractivity contribution in [2.24, 2.45) is 5.73 Å². The van der Waals surface area contributed by atoms with Crippen molar-refractivity contribution in [1.82, 2.24) is 14.9 Å². The number of anilines is 1. The molecule has 1 aromatic heterocycles. The first-order chi connectivity index (χ1) is 12.9. The number of amides is 2. The first-order valence-electron chi connectivity index (χ1n) is 8.54. The summed E-state index contributed by atoms with van der Waals surface area (Å²) in [6.07, 6.45) is 0. The Hall–Kier alpha value is -2.90. The van der Waals surface area contributed by atoms with Gasteiger partial charge in [0, 0.05) is 12.2 Å². The molecule has 3 aromatic rings. The number of halogens is 1. The third-order valence-corrected chi connectivity index (χ3v) is 4.29. The van der Waals surface area contributed by atoms with Crippen LogP contribution in [0.5, 0.6) is 0 Å². The van der Waals surface area contributed by atoms with Crippen LogP contribution in [0.4, 0.5) is 10.5 Å². The summed E-state index contributed by atoms with van der Waals surface area (Å²) in [7, 11) is 0. The van der Waals surface area contributed by atoms with E-state index in [0.29, 0.717) is 39.7 Å². The minimum Gasteiger partial charge on any atom is -0.338 e. The zero-order chi connectivity index (χ0) is 19.6. The van der Waals surface area contributed by atoms with Crippen LogP contribution >= 0.6 is 11.6 Å². The second kappa shape index (κ2) is 7.77. The monoisotopic (exact) mass is 385 g/mol. The van der Waals surface area contributed by atoms with E-state index in [1.807, 2.05) is 6.92 Å². The molecule has 2 amide bonds. The van der Waals surface area contributed by atoms with E-state index in [1.165, 1.54) is 4.57 Å². The van der Waals surface area contributed by atoms with Crippen LogP contribution in [-0.4, -0.2) is 22.1 Å². The Balaban J connectivity index is 2.20. The van der Waals surface area contributed by atoms with Crippen molar-refractivity contribution in [3.8, 4) is 5.69 Å². The summed E-state index contributed by atoms with van der Waals surface area (Å²) in [5, 5.41) is 6.03. The SMILES string of the molecule is CCNC(=O)Nc1cccc(-n2c([C@@H](C)N)nc3cccc(Cl)c3c2=O)c1. The number of rotatable bonds is 4. The van der Waals surface area contributed by atoms with Gasteiger partial charge in [-0.05, 0) is 44.2 Å². The fourth-order valence-electron chi connectivity index (χ4n) is 2.82. The fourth-order valence-corrected chi connectivity index (χ4v) is 3.07. The van der Waals surface area contributed by atoms with E-state index in [9.17, 15) is 9.59 Å². The van der Waals surface area contributed by atoms with E-state index >= 15 is 0 Å². The van der Waals surface area contributed by atoms with Crippen molar-refractivity contribution < 1.29 is 4.79 Å². The van der Waals surface area contributed by atoms with Crippen LogP contribution in [0.15, 0.2) is 47.3 Å². The molecule has 1 heterocycles. The summed E-state index contributed by atoms with van der Waals surface area (Å²) in [4.78, 5) is 29.5. The van der Waals surface area contributed by atoms with Crippen molar-refractivity contribution in [2.45, 2.75) is 19.9 Å². The van der Waals surface area contributed by atoms with E-state index in [0.717, 1.165) is 0 Å². The molecule has 0 unspecified atom stereocenters. The minimum absolute atomic E-state index is 0.312. The molecular formula is C19H20ClN5O2. The lowest BCUT2D eigenvalue weighted by atomic mass is 10.2. The molecule has 0 radical (unpaired) electrons. The second-order valence-corrected chi connectivity index (χ2v) is 6.48. The van der Waals surface area contributed by atoms with E-state index in [4.69, 9.17) is 17.3 Å². The second-order valence-electron chi connectivity index (χ2n) is 6.07. The van der Waals surface area contributed by atoms with Gasteiger partial charge in [0.1, 0.15) is 5.82 Å². The number of nitrogens with one attached hydrogen (secondary N) is 2. The lowest BCUT2D eigenvalue weighted by Gasteiger charge is -2.17. The Bertz CT molecular complexity index is 1060. The van der Waals surface area contributed by atoms with Crippen LogP contribution < -0.4 is 21.9 Å². The van der Waals surface area contributed by atoms with Gasteiger partial charge in [-0.2, -0.15) is 0 Å². The third-order valence-electron chi connectivity index (χ3n) is 3.98. The van der Waals surface area contributed by atoms with Crippen LogP contribution in [0.3, 0.4) is 0 Å². The Morgan fingerprint density at radius 2 is 2.04 bits per heavy atom. The summed E-state index contributed by atoms with van der Waals surface area (Å²) in [6, 6.07) is 11.2. The number of carbonyl (C=O) groups excluding carboxylic acids is 1. The van der Waals surface area contributed by atoms with Crippen molar-refractivity contribution in [3.63, 3.8) is 0 Å². The number of hydrogen-bond donors (Lipinski definition) is 3. The molecule has 3 rings (SSSR count). The molecule has 0 bridgehead atoms. The fraction of sp³-hybridized carbons (Fsp3) is 0.211. The molecule has 0 fully saturated rings. The van der Waals surface area contributed by atoms with E-state index in [1.54, 1.807) is 49.4 Å². The number of hydrogen-bond acceptors (Lipinski definition) is 4. The number of nitrogens with two attached hydrogens (primary N) is 1. The molecule has 0 aliphatic heterocycles. The number of benzene rings is 2. The van der Waals surface area contributed by atoms with Gasteiger partial charge in [-0.1, -0.05) is 23.7 Å². The average Bonchev–Trinajstić information content (AvgIpc) is 2.61. The molecule has 0 aliphatic rings. The summed E-state index contributed by atoms with van der Waals surface area (Å²) in [5.74, 6) is 0.407. The maximum absolute atomic E-state index is 13.2. The Labute approximate surface area is 161 Å². The van der Waals surface area contributed by atoms with E-state index < -0.39 is 6.04 Å². The standard InChI is InChI=1S/C19H20ClN5O2/c1-3-22-19(27)23-12-6-4-7-13(10-12)25-17(11(2)21)24-15-9-5-8-14(20)16(15)18(25)26/h4-11H,3,21H2,1-2H3,(H2,22,23,27)/t11-/m1/s1. The van der Waals surface area contributed by atoms with Gasteiger partial charge < -0.3 is 16.4 Å². The number of aromatic nitrogens is 2. The van der Waals surface area contributed by atoms with E-state index in [-0.39, 0.29) is 11.6 Å². The Kier molecular flexibility index (Phi) is 5.43. The first-order valence-corrected chi connectivity index (χ1v) is 8.92. The quantitative estimate of drug-likeness (QED) is 0.641. The highest BCUT2D eigenvalue weighted by Gasteiger charge is 2.17. The number of fused-ring (bicyclic) bond motifs is 1. The van der Waals surface area contributed by atoms with Gasteiger partial charge in [-0.15, -0.1) is 0 Å². The lowest BCUT2D eigenvalue weighted by molar-refractivity contribution is 0.252. The minimum atomic E-state index is -0.485. The Morgan fingerprint density at radius 3 is 2.74 bits per heavy atom. The molecule has 0 aliphatic carbocycles. The molecule has 8 heteroatoms. The van der Waals surface area contributed by atoms with Crippen molar-refractivity contribution >= 4 is 34.2 Å². The summed E-state index contributed by atoms with van der Waals surface area (Å²) >= 11 is 6.24. The summed E-state index contributed by atoms with van der Waals surface area (Å²) in [5.41, 5.74) is 7.33. The van der Waals surface area contributed by atoms with Gasteiger partial charge >= 0.3 is 6.03 Å². The topological polar surface area (TPSA) is 102 Å². The van der Waals surface area contributed by atoms with Crippen molar-refractivity contribution in [2.75, 3.05) is 11.9 Å². The molecule has 0 saturated carbocycles. The molecule has 2 aromatic carbocycles. The predicted octanol–water partition coefficient (Wildman–Crippen LogP) is 3.20. The van der Waals surface area contributed by atoms with Gasteiger partial charge in [0.25, 0.3) is 5.56 Å². The Morgan fingerprint density at radius 1 is 1.30 bits per heavy atom. The van der Waals surface area contributed by atoms with Crippen molar-refractivity contribution in [1.29, 1.82) is 0 Å². The zero-order valence-electron chi connectivity index (χ0n) is 15.0. The highest BCUT2D eigenvalue weighted by Crippen LogP contribution is 2.23. The molecule has 7 nitrogen and oxygen atoms in total. The van der Waals surface area contributed by atoms with Gasteiger partial charge in [0.05, 0.1) is 27.7 Å². The van der Waals surface area contributed by atoms with E-state index in [2.05, 4.69) is 15.6 Å². The van der Waals surface area contributed by atoms with Crippen LogP contribution in [-0.2, 0) is 0 Å². The average molecular weight is 386 g/mol. The van der Waals surface area contributed by atoms with Gasteiger partial charge in [-0.25, -0.2) is 9.78 Å². The van der Waals surface area contributed by atoms with Gasteiger partial charge in [-0.3, -0.25) is 9.36 Å². The van der Waals surface area contributed by atoms with Gasteiger partial charge in [0.15, 0.2) is 0 Å². The highest BCUT2D eigenvalue weighted by molar-refractivity contribution is 6.35.